The molecule has 21 heavy (non-hydrogen) atoms. The molecule has 0 aromatic rings. The number of amides is 3. The van der Waals surface area contributed by atoms with E-state index in [1.54, 1.807) is 0 Å². The minimum Gasteiger partial charge on any atom is -0.480 e. The number of nitrogens with two attached hydrogens (primary N) is 2. The summed E-state index contributed by atoms with van der Waals surface area (Å²) in [7, 11) is 0. The van der Waals surface area contributed by atoms with Crippen molar-refractivity contribution < 1.29 is 29.4 Å². The lowest BCUT2D eigenvalue weighted by molar-refractivity contribution is -0.141. The van der Waals surface area contributed by atoms with E-state index in [0.717, 1.165) is 0 Å². The van der Waals surface area contributed by atoms with Gasteiger partial charge in [0.25, 0.3) is 0 Å². The quantitative estimate of drug-likeness (QED) is 0.212. The van der Waals surface area contributed by atoms with Gasteiger partial charge in [0.15, 0.2) is 0 Å². The average Bonchev–Trinajstić information content (AvgIpc) is 2.40. The molecule has 0 fully saturated rings. The number of hydrogen-bond donors (Lipinski definition) is 7. The van der Waals surface area contributed by atoms with Gasteiger partial charge in [-0.15, -0.1) is 0 Å². The second-order valence-corrected chi connectivity index (χ2v) is 4.47. The van der Waals surface area contributed by atoms with E-state index in [0.29, 0.717) is 0 Å². The van der Waals surface area contributed by atoms with E-state index in [-0.39, 0.29) is 5.75 Å². The summed E-state index contributed by atoms with van der Waals surface area (Å²) < 4.78 is 0. The first-order valence-electron chi connectivity index (χ1n) is 5.82. The lowest BCUT2D eigenvalue weighted by atomic mass is 10.1. The van der Waals surface area contributed by atoms with Crippen LogP contribution in [0.5, 0.6) is 0 Å². The number of hydrogen-bond acceptors (Lipinski definition) is 7. The van der Waals surface area contributed by atoms with Crippen molar-refractivity contribution in [1.29, 1.82) is 0 Å². The van der Waals surface area contributed by atoms with Crippen molar-refractivity contribution in [2.45, 2.75) is 24.5 Å². The Morgan fingerprint density at radius 3 is 2.00 bits per heavy atom. The smallest absolute Gasteiger partial charge is 0.327 e. The number of carbonyl (C=O) groups excluding carboxylic acids is 3. The topological polar surface area (TPSA) is 185 Å². The predicted molar refractivity (Wildman–Crippen MR) is 74.2 cm³/mol. The van der Waals surface area contributed by atoms with E-state index in [1.165, 1.54) is 0 Å². The van der Waals surface area contributed by atoms with Crippen LogP contribution in [0.15, 0.2) is 0 Å². The monoisotopic (exact) mass is 322 g/mol. The van der Waals surface area contributed by atoms with E-state index in [1.807, 2.05) is 0 Å². The standard InChI is InChI=1S/C10H18N4O6S/c11-4(1-7(12)16)8(17)13-5(2-15)9(18)14-6(3-21)10(19)20/h4-6,15,21H,1-3,11H2,(H2,12,16)(H,13,17)(H,14,18)(H,19,20). The molecule has 0 saturated heterocycles. The Labute approximate surface area is 125 Å². The molecule has 8 N–H and O–H groups in total. The molecule has 0 aromatic carbocycles. The van der Waals surface area contributed by atoms with Crippen LogP contribution < -0.4 is 22.1 Å². The van der Waals surface area contributed by atoms with Gasteiger partial charge in [0.2, 0.25) is 17.7 Å². The van der Waals surface area contributed by atoms with Crippen molar-refractivity contribution in [3.05, 3.63) is 0 Å². The van der Waals surface area contributed by atoms with Crippen LogP contribution in [0.25, 0.3) is 0 Å². The SMILES string of the molecule is NC(=O)CC(N)C(=O)NC(CO)C(=O)NC(CS)C(=O)O. The molecule has 0 radical (unpaired) electrons. The molecule has 0 aromatic heterocycles. The third-order valence-corrected chi connectivity index (χ3v) is 2.74. The van der Waals surface area contributed by atoms with Crippen molar-refractivity contribution in [1.82, 2.24) is 10.6 Å². The molecule has 0 aliphatic heterocycles. The molecule has 10 nitrogen and oxygen atoms in total. The predicted octanol–water partition coefficient (Wildman–Crippen LogP) is -3.83. The normalized spacial score (nSPS) is 14.6. The van der Waals surface area contributed by atoms with Crippen LogP contribution in [-0.2, 0) is 19.2 Å². The molecular weight excluding hydrogens is 304 g/mol. The second-order valence-electron chi connectivity index (χ2n) is 4.10. The van der Waals surface area contributed by atoms with Gasteiger partial charge < -0.3 is 32.3 Å². The minimum absolute atomic E-state index is 0.172. The van der Waals surface area contributed by atoms with E-state index < -0.39 is 54.8 Å². The number of carbonyl (C=O) groups is 4. The average molecular weight is 322 g/mol. The van der Waals surface area contributed by atoms with Crippen molar-refractivity contribution >= 4 is 36.3 Å². The number of rotatable bonds is 9. The van der Waals surface area contributed by atoms with Gasteiger partial charge in [0.1, 0.15) is 12.1 Å². The Bertz CT molecular complexity index is 418. The highest BCUT2D eigenvalue weighted by molar-refractivity contribution is 7.80. The number of carboxylic acid groups (broad SMARTS) is 1. The first-order chi connectivity index (χ1) is 9.72. The van der Waals surface area contributed by atoms with Crippen molar-refractivity contribution in [2.75, 3.05) is 12.4 Å². The number of nitrogens with one attached hydrogen (secondary N) is 2. The van der Waals surface area contributed by atoms with Gasteiger partial charge in [0, 0.05) is 5.75 Å². The fourth-order valence-electron chi connectivity index (χ4n) is 1.24. The highest BCUT2D eigenvalue weighted by atomic mass is 32.1. The maximum absolute atomic E-state index is 11.7. The van der Waals surface area contributed by atoms with E-state index in [9.17, 15) is 19.2 Å². The van der Waals surface area contributed by atoms with Gasteiger partial charge in [-0.2, -0.15) is 12.6 Å². The maximum atomic E-state index is 11.7. The van der Waals surface area contributed by atoms with Crippen LogP contribution >= 0.6 is 12.6 Å². The molecule has 0 spiro atoms. The molecule has 0 aliphatic carbocycles. The molecule has 11 heteroatoms. The van der Waals surface area contributed by atoms with Crippen molar-refractivity contribution in [3.63, 3.8) is 0 Å². The Hall–Kier alpha value is -1.85. The summed E-state index contributed by atoms with van der Waals surface area (Å²) in [5, 5.41) is 22.0. The molecular formula is C10H18N4O6S. The van der Waals surface area contributed by atoms with Crippen molar-refractivity contribution in [2.24, 2.45) is 11.5 Å². The van der Waals surface area contributed by atoms with E-state index in [2.05, 4.69) is 23.3 Å². The van der Waals surface area contributed by atoms with Crippen LogP contribution in [0.3, 0.4) is 0 Å². The van der Waals surface area contributed by atoms with Crippen LogP contribution in [0, 0.1) is 0 Å². The van der Waals surface area contributed by atoms with Crippen LogP contribution in [0.2, 0.25) is 0 Å². The first kappa shape index (κ1) is 19.1. The minimum atomic E-state index is -1.40. The first-order valence-corrected chi connectivity index (χ1v) is 6.45. The number of primary amides is 1. The van der Waals surface area contributed by atoms with Gasteiger partial charge in [-0.3, -0.25) is 14.4 Å². The summed E-state index contributed by atoms with van der Waals surface area (Å²) in [5.41, 5.74) is 10.2. The summed E-state index contributed by atoms with van der Waals surface area (Å²) in [6.07, 6.45) is -0.431. The lowest BCUT2D eigenvalue weighted by Crippen LogP contribution is -2.56. The third-order valence-electron chi connectivity index (χ3n) is 2.37. The second kappa shape index (κ2) is 9.15. The lowest BCUT2D eigenvalue weighted by Gasteiger charge is -2.20. The number of aliphatic carboxylic acids is 1. The van der Waals surface area contributed by atoms with E-state index in [4.69, 9.17) is 21.7 Å². The summed E-state index contributed by atoms with van der Waals surface area (Å²) >= 11 is 3.75. The molecule has 0 rings (SSSR count). The summed E-state index contributed by atoms with van der Waals surface area (Å²) in [5.74, 6) is -4.08. The number of aliphatic hydroxyl groups is 1. The Morgan fingerprint density at radius 1 is 1.10 bits per heavy atom. The summed E-state index contributed by atoms with van der Waals surface area (Å²) in [6.45, 7) is -0.778. The zero-order valence-corrected chi connectivity index (χ0v) is 11.9. The maximum Gasteiger partial charge on any atom is 0.327 e. The van der Waals surface area contributed by atoms with Gasteiger partial charge in [0.05, 0.1) is 19.1 Å². The molecule has 0 aliphatic rings. The largest absolute Gasteiger partial charge is 0.480 e. The third kappa shape index (κ3) is 6.92. The van der Waals surface area contributed by atoms with Crippen LogP contribution in [-0.4, -0.2) is 64.4 Å². The van der Waals surface area contributed by atoms with Crippen LogP contribution in [0.4, 0.5) is 0 Å². The highest BCUT2D eigenvalue weighted by Gasteiger charge is 2.27. The van der Waals surface area contributed by atoms with E-state index >= 15 is 0 Å². The van der Waals surface area contributed by atoms with Gasteiger partial charge >= 0.3 is 5.97 Å². The molecule has 3 unspecified atom stereocenters. The summed E-state index contributed by atoms with van der Waals surface area (Å²) in [4.78, 5) is 44.7. The molecule has 3 atom stereocenters. The zero-order valence-electron chi connectivity index (χ0n) is 11.0. The zero-order chi connectivity index (χ0) is 16.6. The molecule has 120 valence electrons. The van der Waals surface area contributed by atoms with Gasteiger partial charge in [-0.1, -0.05) is 0 Å². The Morgan fingerprint density at radius 2 is 1.62 bits per heavy atom. The fraction of sp³-hybridized carbons (Fsp3) is 0.600. The fourth-order valence-corrected chi connectivity index (χ4v) is 1.49. The molecule has 0 bridgehead atoms. The Balaban J connectivity index is 4.63. The van der Waals surface area contributed by atoms with Gasteiger partial charge in [-0.05, 0) is 0 Å². The van der Waals surface area contributed by atoms with Crippen molar-refractivity contribution in [3.8, 4) is 0 Å². The molecule has 3 amide bonds. The Kier molecular flexibility index (Phi) is 8.35. The molecule has 0 saturated carbocycles. The van der Waals surface area contributed by atoms with Crippen LogP contribution in [0.1, 0.15) is 6.42 Å². The molecule has 0 heterocycles. The number of thiol groups is 1. The van der Waals surface area contributed by atoms with Gasteiger partial charge in [-0.25, -0.2) is 4.79 Å². The number of carboxylic acids is 1. The summed E-state index contributed by atoms with van der Waals surface area (Å²) in [6, 6.07) is -3.95. The number of aliphatic hydroxyl groups excluding tert-OH is 1. The highest BCUT2D eigenvalue weighted by Crippen LogP contribution is 1.94.